The van der Waals surface area contributed by atoms with Crippen LogP contribution in [0.2, 0.25) is 5.28 Å². The highest BCUT2D eigenvalue weighted by Crippen LogP contribution is 2.35. The van der Waals surface area contributed by atoms with E-state index in [1.807, 2.05) is 0 Å². The molecule has 116 valence electrons. The van der Waals surface area contributed by atoms with Gasteiger partial charge in [0.2, 0.25) is 5.28 Å². The maximum absolute atomic E-state index is 12.9. The van der Waals surface area contributed by atoms with Crippen molar-refractivity contribution >= 4 is 11.6 Å². The number of aromatic nitrogens is 3. The molecular weight excluding hydrogens is 327 g/mol. The number of rotatable bonds is 2. The van der Waals surface area contributed by atoms with Crippen molar-refractivity contribution in [3.8, 4) is 22.4 Å². The van der Waals surface area contributed by atoms with E-state index < -0.39 is 11.7 Å². The molecule has 3 nitrogen and oxygen atoms in total. The van der Waals surface area contributed by atoms with Crippen LogP contribution in [0.5, 0.6) is 0 Å². The molecular formula is C16H9ClF3N3. The van der Waals surface area contributed by atoms with Crippen LogP contribution in [-0.2, 0) is 6.18 Å². The lowest BCUT2D eigenvalue weighted by Crippen LogP contribution is -2.04. The molecule has 0 aliphatic rings. The second-order valence-electron chi connectivity index (χ2n) is 4.72. The summed E-state index contributed by atoms with van der Waals surface area (Å²) in [5.41, 5.74) is 1.24. The van der Waals surface area contributed by atoms with E-state index >= 15 is 0 Å². The summed E-state index contributed by atoms with van der Waals surface area (Å²) >= 11 is 5.84. The first-order valence-corrected chi connectivity index (χ1v) is 6.93. The van der Waals surface area contributed by atoms with Crippen LogP contribution in [0.3, 0.4) is 0 Å². The molecule has 1 aromatic carbocycles. The van der Waals surface area contributed by atoms with Gasteiger partial charge in [0.05, 0.1) is 11.3 Å². The van der Waals surface area contributed by atoms with Gasteiger partial charge in [0.1, 0.15) is 0 Å². The number of alkyl halides is 3. The van der Waals surface area contributed by atoms with Crippen molar-refractivity contribution in [2.75, 3.05) is 0 Å². The Labute approximate surface area is 134 Å². The number of hydrogen-bond donors (Lipinski definition) is 0. The standard InChI is InChI=1S/C16H9ClF3N3/c17-15-22-9-13(14(23-15)10-4-6-21-7-5-10)11-2-1-3-12(8-11)16(18,19)20/h1-9H. The third kappa shape index (κ3) is 3.32. The van der Waals surface area contributed by atoms with Gasteiger partial charge in [-0.2, -0.15) is 13.2 Å². The SMILES string of the molecule is FC(F)(F)c1cccc(-c2cnc(Cl)nc2-c2ccncc2)c1. The quantitative estimate of drug-likeness (QED) is 0.627. The lowest BCUT2D eigenvalue weighted by molar-refractivity contribution is -0.137. The van der Waals surface area contributed by atoms with Gasteiger partial charge in [0.15, 0.2) is 0 Å². The first-order valence-electron chi connectivity index (χ1n) is 6.56. The van der Waals surface area contributed by atoms with Gasteiger partial charge in [-0.05, 0) is 41.4 Å². The van der Waals surface area contributed by atoms with Crippen LogP contribution >= 0.6 is 11.6 Å². The van der Waals surface area contributed by atoms with E-state index in [0.717, 1.165) is 12.1 Å². The number of benzene rings is 1. The average molecular weight is 336 g/mol. The van der Waals surface area contributed by atoms with Gasteiger partial charge in [0, 0.05) is 29.7 Å². The molecule has 7 heteroatoms. The molecule has 0 radical (unpaired) electrons. The third-order valence-corrected chi connectivity index (χ3v) is 3.40. The summed E-state index contributed by atoms with van der Waals surface area (Å²) < 4.78 is 38.7. The zero-order valence-corrected chi connectivity index (χ0v) is 12.3. The molecule has 0 N–H and O–H groups in total. The van der Waals surface area contributed by atoms with Crippen LogP contribution in [0.1, 0.15) is 5.56 Å². The predicted octanol–water partition coefficient (Wildman–Crippen LogP) is 4.88. The molecule has 3 rings (SSSR count). The summed E-state index contributed by atoms with van der Waals surface area (Å²) in [4.78, 5) is 12.0. The molecule has 0 amide bonds. The van der Waals surface area contributed by atoms with Crippen LogP contribution < -0.4 is 0 Å². The van der Waals surface area contributed by atoms with Gasteiger partial charge in [-0.25, -0.2) is 9.97 Å². The molecule has 0 aliphatic carbocycles. The van der Waals surface area contributed by atoms with E-state index in [9.17, 15) is 13.2 Å². The molecule has 0 aliphatic heterocycles. The number of hydrogen-bond acceptors (Lipinski definition) is 3. The van der Waals surface area contributed by atoms with Crippen molar-refractivity contribution in [2.45, 2.75) is 6.18 Å². The summed E-state index contributed by atoms with van der Waals surface area (Å²) in [6.07, 6.45) is 0.142. The van der Waals surface area contributed by atoms with E-state index in [-0.39, 0.29) is 5.28 Å². The summed E-state index contributed by atoms with van der Waals surface area (Å²) in [6, 6.07) is 8.42. The Morgan fingerprint density at radius 2 is 1.70 bits per heavy atom. The zero-order chi connectivity index (χ0) is 16.4. The van der Waals surface area contributed by atoms with Gasteiger partial charge >= 0.3 is 6.18 Å². The second-order valence-corrected chi connectivity index (χ2v) is 5.05. The number of nitrogens with zero attached hydrogens (tertiary/aromatic N) is 3. The van der Waals surface area contributed by atoms with Crippen molar-refractivity contribution in [3.63, 3.8) is 0 Å². The molecule has 0 saturated heterocycles. The molecule has 0 unspecified atom stereocenters. The summed E-state index contributed by atoms with van der Waals surface area (Å²) in [7, 11) is 0. The van der Waals surface area contributed by atoms with Gasteiger partial charge in [-0.1, -0.05) is 12.1 Å². The highest BCUT2D eigenvalue weighted by Gasteiger charge is 2.30. The predicted molar refractivity (Wildman–Crippen MR) is 80.7 cm³/mol. The van der Waals surface area contributed by atoms with E-state index in [2.05, 4.69) is 15.0 Å². The van der Waals surface area contributed by atoms with Gasteiger partial charge in [0.25, 0.3) is 0 Å². The normalized spacial score (nSPS) is 11.5. The molecule has 0 bridgehead atoms. The van der Waals surface area contributed by atoms with Crippen molar-refractivity contribution < 1.29 is 13.2 Å². The maximum Gasteiger partial charge on any atom is 0.416 e. The number of pyridine rings is 1. The van der Waals surface area contributed by atoms with Crippen molar-refractivity contribution in [1.82, 2.24) is 15.0 Å². The topological polar surface area (TPSA) is 38.7 Å². The number of halogens is 4. The molecule has 0 saturated carbocycles. The van der Waals surface area contributed by atoms with E-state index in [1.54, 1.807) is 30.6 Å². The summed E-state index contributed by atoms with van der Waals surface area (Å²) in [5.74, 6) is 0. The first kappa shape index (κ1) is 15.4. The summed E-state index contributed by atoms with van der Waals surface area (Å²) in [5, 5.41) is 0.0209. The van der Waals surface area contributed by atoms with Gasteiger partial charge in [-0.3, -0.25) is 4.98 Å². The average Bonchev–Trinajstić information content (AvgIpc) is 2.55. The van der Waals surface area contributed by atoms with Crippen LogP contribution in [0, 0.1) is 0 Å². The minimum Gasteiger partial charge on any atom is -0.265 e. The van der Waals surface area contributed by atoms with Crippen molar-refractivity contribution in [1.29, 1.82) is 0 Å². The minimum absolute atomic E-state index is 0.0209. The Morgan fingerprint density at radius 1 is 0.957 bits per heavy atom. The summed E-state index contributed by atoms with van der Waals surface area (Å²) in [6.45, 7) is 0. The van der Waals surface area contributed by atoms with Crippen LogP contribution in [0.4, 0.5) is 13.2 Å². The largest absolute Gasteiger partial charge is 0.416 e. The maximum atomic E-state index is 12.9. The molecule has 2 heterocycles. The van der Waals surface area contributed by atoms with Crippen LogP contribution in [0.15, 0.2) is 55.0 Å². The monoisotopic (exact) mass is 335 g/mol. The zero-order valence-electron chi connectivity index (χ0n) is 11.5. The smallest absolute Gasteiger partial charge is 0.265 e. The van der Waals surface area contributed by atoms with Gasteiger partial charge in [-0.15, -0.1) is 0 Å². The second kappa shape index (κ2) is 5.96. The lowest BCUT2D eigenvalue weighted by atomic mass is 10.00. The Kier molecular flexibility index (Phi) is 4.00. The van der Waals surface area contributed by atoms with E-state index in [1.165, 1.54) is 12.3 Å². The Bertz CT molecular complexity index is 835. The Hall–Kier alpha value is -2.47. The van der Waals surface area contributed by atoms with E-state index in [4.69, 9.17) is 11.6 Å². The molecule has 2 aromatic heterocycles. The molecule has 0 atom stereocenters. The molecule has 3 aromatic rings. The molecule has 23 heavy (non-hydrogen) atoms. The van der Waals surface area contributed by atoms with Gasteiger partial charge < -0.3 is 0 Å². The lowest BCUT2D eigenvalue weighted by Gasteiger charge is -2.11. The van der Waals surface area contributed by atoms with Crippen LogP contribution in [0.25, 0.3) is 22.4 Å². The molecule has 0 fully saturated rings. The fraction of sp³-hybridized carbons (Fsp3) is 0.0625. The third-order valence-electron chi connectivity index (χ3n) is 3.21. The van der Waals surface area contributed by atoms with E-state index in [0.29, 0.717) is 22.4 Å². The Morgan fingerprint density at radius 3 is 2.39 bits per heavy atom. The molecule has 0 spiro atoms. The van der Waals surface area contributed by atoms with Crippen molar-refractivity contribution in [3.05, 3.63) is 65.8 Å². The first-order chi connectivity index (χ1) is 10.9. The highest BCUT2D eigenvalue weighted by molar-refractivity contribution is 6.28. The fourth-order valence-electron chi connectivity index (χ4n) is 2.16. The minimum atomic E-state index is -4.42. The Balaban J connectivity index is 2.18. The van der Waals surface area contributed by atoms with Crippen LogP contribution in [-0.4, -0.2) is 15.0 Å². The fourth-order valence-corrected chi connectivity index (χ4v) is 2.30. The van der Waals surface area contributed by atoms with Crippen molar-refractivity contribution in [2.24, 2.45) is 0 Å². The highest BCUT2D eigenvalue weighted by atomic mass is 35.5.